The average molecular weight is 86.1 g/mol. The van der Waals surface area contributed by atoms with Crippen LogP contribution in [0.4, 0.5) is 0 Å². The van der Waals surface area contributed by atoms with Gasteiger partial charge in [0, 0.05) is 0 Å². The molecule has 0 aromatic heterocycles. The largest absolute Gasteiger partial charge is 0.351 e. The van der Waals surface area contributed by atoms with Crippen molar-refractivity contribution < 1.29 is 9.59 Å². The number of nitrogens with one attached hydrogen (secondary N) is 1. The van der Waals surface area contributed by atoms with Crippen LogP contribution in [-0.4, -0.2) is 19.2 Å². The van der Waals surface area contributed by atoms with Crippen molar-refractivity contribution in [3.8, 4) is 0 Å². The zero-order chi connectivity index (χ0) is 4.83. The number of hydrogen-bond donors (Lipinski definition) is 1. The highest BCUT2D eigenvalue weighted by Gasteiger charge is 1.70. The molecule has 0 atom stereocenters. The van der Waals surface area contributed by atoms with Crippen LogP contribution in [0.1, 0.15) is 0 Å². The van der Waals surface area contributed by atoms with Gasteiger partial charge in [-0.2, -0.15) is 0 Å². The van der Waals surface area contributed by atoms with Gasteiger partial charge in [0.2, 0.25) is 12.7 Å². The fourth-order valence-corrected chi connectivity index (χ4v) is 0.0833. The summed E-state index contributed by atoms with van der Waals surface area (Å²) in [5.74, 6) is 0. The van der Waals surface area contributed by atoms with Crippen LogP contribution in [0.3, 0.4) is 0 Å². The molecular formula is C3H4NO2. The molecule has 0 bridgehead atoms. The van der Waals surface area contributed by atoms with E-state index in [4.69, 9.17) is 0 Å². The van der Waals surface area contributed by atoms with E-state index in [9.17, 15) is 9.59 Å². The SMILES string of the molecule is O=[C]CNC=O. The monoisotopic (exact) mass is 86.0 g/mol. The number of rotatable bonds is 3. The van der Waals surface area contributed by atoms with E-state index in [0.29, 0.717) is 6.41 Å². The summed E-state index contributed by atoms with van der Waals surface area (Å²) in [5.41, 5.74) is 0. The number of hydrogen-bond acceptors (Lipinski definition) is 2. The van der Waals surface area contributed by atoms with Gasteiger partial charge in [0.1, 0.15) is 0 Å². The Hall–Kier alpha value is -0.860. The molecule has 0 aliphatic heterocycles. The Balaban J connectivity index is 2.66. The molecule has 0 aromatic carbocycles. The molecule has 0 saturated heterocycles. The van der Waals surface area contributed by atoms with Gasteiger partial charge in [-0.1, -0.05) is 0 Å². The topological polar surface area (TPSA) is 46.2 Å². The van der Waals surface area contributed by atoms with Gasteiger partial charge in [0.15, 0.2) is 0 Å². The lowest BCUT2D eigenvalue weighted by molar-refractivity contribution is -0.109. The van der Waals surface area contributed by atoms with Crippen LogP contribution in [0, 0.1) is 0 Å². The highest BCUT2D eigenvalue weighted by Crippen LogP contribution is 1.35. The number of carbonyl (C=O) groups excluding carboxylic acids is 2. The molecule has 6 heavy (non-hydrogen) atoms. The van der Waals surface area contributed by atoms with Crippen molar-refractivity contribution in [3.05, 3.63) is 0 Å². The van der Waals surface area contributed by atoms with E-state index in [1.54, 1.807) is 0 Å². The molecule has 0 rings (SSSR count). The summed E-state index contributed by atoms with van der Waals surface area (Å²) in [6.07, 6.45) is 1.93. The highest BCUT2D eigenvalue weighted by atomic mass is 16.1. The second kappa shape index (κ2) is 4.14. The Morgan fingerprint density at radius 3 is 2.67 bits per heavy atom. The molecule has 0 aliphatic carbocycles. The molecule has 1 radical (unpaired) electrons. The molecule has 0 aromatic rings. The summed E-state index contributed by atoms with van der Waals surface area (Å²) >= 11 is 0. The van der Waals surface area contributed by atoms with Crippen LogP contribution < -0.4 is 5.32 Å². The lowest BCUT2D eigenvalue weighted by atomic mass is 10.7. The van der Waals surface area contributed by atoms with Crippen LogP contribution in [0.5, 0.6) is 0 Å². The maximum atomic E-state index is 9.27. The number of amides is 1. The predicted octanol–water partition coefficient (Wildman–Crippen LogP) is -1.16. The lowest BCUT2D eigenvalue weighted by Gasteiger charge is -1.77. The zero-order valence-electron chi connectivity index (χ0n) is 3.10. The molecule has 1 N–H and O–H groups in total. The standard InChI is InChI=1S/C3H4NO2/c5-2-1-4-3-6/h3H,1H2,(H,4,6). The van der Waals surface area contributed by atoms with Crippen molar-refractivity contribution in [2.45, 2.75) is 0 Å². The van der Waals surface area contributed by atoms with Gasteiger partial charge in [-0.05, 0) is 0 Å². The molecule has 0 heterocycles. The third-order valence-electron chi connectivity index (χ3n) is 0.258. The summed E-state index contributed by atoms with van der Waals surface area (Å²) in [6, 6.07) is 0. The molecular weight excluding hydrogens is 82.0 g/mol. The van der Waals surface area contributed by atoms with Crippen LogP contribution in [-0.2, 0) is 9.59 Å². The summed E-state index contributed by atoms with van der Waals surface area (Å²) in [6.45, 7) is -0.0104. The van der Waals surface area contributed by atoms with E-state index >= 15 is 0 Å². The van der Waals surface area contributed by atoms with Crippen molar-refractivity contribution in [1.29, 1.82) is 0 Å². The second-order valence-corrected chi connectivity index (χ2v) is 0.643. The Morgan fingerprint density at radius 1 is 1.83 bits per heavy atom. The van der Waals surface area contributed by atoms with Gasteiger partial charge >= 0.3 is 0 Å². The van der Waals surface area contributed by atoms with E-state index in [1.165, 1.54) is 6.29 Å². The molecule has 0 saturated carbocycles. The maximum Gasteiger partial charge on any atom is 0.219 e. The first-order valence-corrected chi connectivity index (χ1v) is 1.44. The van der Waals surface area contributed by atoms with Gasteiger partial charge in [-0.15, -0.1) is 0 Å². The molecule has 3 nitrogen and oxygen atoms in total. The van der Waals surface area contributed by atoms with Crippen molar-refractivity contribution in [2.24, 2.45) is 0 Å². The smallest absolute Gasteiger partial charge is 0.219 e. The minimum Gasteiger partial charge on any atom is -0.351 e. The van der Waals surface area contributed by atoms with Gasteiger partial charge < -0.3 is 5.32 Å². The fraction of sp³-hybridized carbons (Fsp3) is 0.333. The normalized spacial score (nSPS) is 6.67. The molecule has 0 unspecified atom stereocenters. The quantitative estimate of drug-likeness (QED) is 0.348. The molecule has 1 amide bonds. The van der Waals surface area contributed by atoms with Crippen LogP contribution in [0.15, 0.2) is 0 Å². The Bertz CT molecular complexity index is 44.8. The van der Waals surface area contributed by atoms with Crippen molar-refractivity contribution in [3.63, 3.8) is 0 Å². The van der Waals surface area contributed by atoms with E-state index in [-0.39, 0.29) is 6.54 Å². The van der Waals surface area contributed by atoms with E-state index in [1.807, 2.05) is 0 Å². The van der Waals surface area contributed by atoms with Crippen LogP contribution in [0.25, 0.3) is 0 Å². The Labute approximate surface area is 35.3 Å². The lowest BCUT2D eigenvalue weighted by Crippen LogP contribution is -2.12. The first-order chi connectivity index (χ1) is 2.91. The van der Waals surface area contributed by atoms with Crippen LogP contribution in [0.2, 0.25) is 0 Å². The maximum absolute atomic E-state index is 9.27. The summed E-state index contributed by atoms with van der Waals surface area (Å²) in [5, 5.41) is 2.09. The van der Waals surface area contributed by atoms with Gasteiger partial charge in [-0.25, -0.2) is 0 Å². The van der Waals surface area contributed by atoms with Gasteiger partial charge in [0.05, 0.1) is 6.54 Å². The summed E-state index contributed by atoms with van der Waals surface area (Å²) in [4.78, 5) is 18.5. The number of carbonyl (C=O) groups is 1. The third kappa shape index (κ3) is 3.14. The minimum atomic E-state index is -0.0104. The van der Waals surface area contributed by atoms with E-state index in [0.717, 1.165) is 0 Å². The second-order valence-electron chi connectivity index (χ2n) is 0.643. The molecule has 0 fully saturated rings. The summed E-state index contributed by atoms with van der Waals surface area (Å²) < 4.78 is 0. The minimum absolute atomic E-state index is 0.0104. The molecule has 3 heteroatoms. The Kier molecular flexibility index (Phi) is 3.55. The average Bonchev–Trinajstić information content (AvgIpc) is 1.61. The van der Waals surface area contributed by atoms with E-state index < -0.39 is 0 Å². The predicted molar refractivity (Wildman–Crippen MR) is 19.8 cm³/mol. The van der Waals surface area contributed by atoms with Crippen molar-refractivity contribution >= 4 is 12.7 Å². The van der Waals surface area contributed by atoms with Crippen molar-refractivity contribution in [1.82, 2.24) is 5.32 Å². The summed E-state index contributed by atoms with van der Waals surface area (Å²) in [7, 11) is 0. The molecule has 0 spiro atoms. The van der Waals surface area contributed by atoms with Crippen LogP contribution >= 0.6 is 0 Å². The van der Waals surface area contributed by atoms with Crippen molar-refractivity contribution in [2.75, 3.05) is 6.54 Å². The first-order valence-electron chi connectivity index (χ1n) is 1.44. The fourth-order valence-electron chi connectivity index (χ4n) is 0.0833. The zero-order valence-corrected chi connectivity index (χ0v) is 3.10. The third-order valence-corrected chi connectivity index (χ3v) is 0.258. The highest BCUT2D eigenvalue weighted by molar-refractivity contribution is 5.59. The van der Waals surface area contributed by atoms with Gasteiger partial charge in [0.25, 0.3) is 0 Å². The van der Waals surface area contributed by atoms with E-state index in [2.05, 4.69) is 5.32 Å². The van der Waals surface area contributed by atoms with Gasteiger partial charge in [-0.3, -0.25) is 9.59 Å². The first kappa shape index (κ1) is 5.14. The molecule has 0 aliphatic rings. The Morgan fingerprint density at radius 2 is 2.50 bits per heavy atom. The molecule has 33 valence electrons.